The maximum atomic E-state index is 12.6. The first-order valence-electron chi connectivity index (χ1n) is 6.87. The third-order valence-corrected chi connectivity index (χ3v) is 3.96. The normalized spacial score (nSPS) is 16.6. The molecule has 0 bridgehead atoms. The van der Waals surface area contributed by atoms with Gasteiger partial charge < -0.3 is 14.4 Å². The highest BCUT2D eigenvalue weighted by atomic mass is 35.5. The van der Waals surface area contributed by atoms with Crippen LogP contribution < -0.4 is 9.47 Å². The number of nitrogens with zero attached hydrogens (tertiary/aromatic N) is 1. The summed E-state index contributed by atoms with van der Waals surface area (Å²) in [7, 11) is 1.58. The molecule has 0 spiro atoms. The number of carbonyl (C=O) groups is 1. The first kappa shape index (κ1) is 15.0. The molecule has 2 rings (SSSR count). The lowest BCUT2D eigenvalue weighted by Gasteiger charge is -2.21. The molecule has 0 aliphatic carbocycles. The second-order valence-corrected chi connectivity index (χ2v) is 5.28. The quantitative estimate of drug-likeness (QED) is 0.856. The number of rotatable bonds is 4. The third-order valence-electron chi connectivity index (χ3n) is 3.68. The Bertz CT molecular complexity index is 526. The molecule has 1 aromatic rings. The fraction of sp³-hybridized carbons (Fsp3) is 0.533. The summed E-state index contributed by atoms with van der Waals surface area (Å²) in [5, 5.41) is 0.473. The van der Waals surface area contributed by atoms with Crippen molar-refractivity contribution in [1.29, 1.82) is 0 Å². The largest absolute Gasteiger partial charge is 0.495 e. The van der Waals surface area contributed by atoms with Crippen LogP contribution >= 0.6 is 11.6 Å². The van der Waals surface area contributed by atoms with Gasteiger partial charge >= 0.3 is 0 Å². The van der Waals surface area contributed by atoms with E-state index in [0.29, 0.717) is 41.8 Å². The second-order valence-electron chi connectivity index (χ2n) is 4.87. The Labute approximate surface area is 124 Å². The Morgan fingerprint density at radius 2 is 2.15 bits per heavy atom. The Kier molecular flexibility index (Phi) is 4.43. The zero-order valence-corrected chi connectivity index (χ0v) is 13.1. The van der Waals surface area contributed by atoms with Gasteiger partial charge in [-0.25, -0.2) is 0 Å². The average Bonchev–Trinajstić information content (AvgIpc) is 2.83. The lowest BCUT2D eigenvalue weighted by atomic mass is 9.98. The van der Waals surface area contributed by atoms with Crippen LogP contribution in [0.25, 0.3) is 0 Å². The molecule has 1 aliphatic rings. The number of fused-ring (bicyclic) bond motifs is 1. The molecule has 1 aliphatic heterocycles. The van der Waals surface area contributed by atoms with Crippen molar-refractivity contribution in [2.45, 2.75) is 26.7 Å². The summed E-state index contributed by atoms with van der Waals surface area (Å²) in [5.41, 5.74) is 1.41. The van der Waals surface area contributed by atoms with Crippen LogP contribution in [0.5, 0.6) is 11.5 Å². The molecule has 1 amide bonds. The summed E-state index contributed by atoms with van der Waals surface area (Å²) in [6.07, 6.45) is 0. The number of methoxy groups -OCH3 is 1. The molecule has 20 heavy (non-hydrogen) atoms. The first-order valence-corrected chi connectivity index (χ1v) is 7.25. The van der Waals surface area contributed by atoms with Gasteiger partial charge in [-0.15, -0.1) is 0 Å². The highest BCUT2D eigenvalue weighted by Crippen LogP contribution is 2.47. The van der Waals surface area contributed by atoms with E-state index in [0.717, 1.165) is 5.56 Å². The smallest absolute Gasteiger partial charge is 0.257 e. The lowest BCUT2D eigenvalue weighted by Crippen LogP contribution is -2.31. The van der Waals surface area contributed by atoms with Gasteiger partial charge in [0.2, 0.25) is 0 Å². The number of hydrogen-bond donors (Lipinski definition) is 0. The maximum Gasteiger partial charge on any atom is 0.257 e. The Morgan fingerprint density at radius 1 is 1.50 bits per heavy atom. The Hall–Kier alpha value is -1.42. The van der Waals surface area contributed by atoms with Crippen molar-refractivity contribution < 1.29 is 14.3 Å². The topological polar surface area (TPSA) is 38.8 Å². The van der Waals surface area contributed by atoms with E-state index in [-0.39, 0.29) is 11.8 Å². The summed E-state index contributed by atoms with van der Waals surface area (Å²) < 4.78 is 11.1. The average molecular weight is 298 g/mol. The molecule has 0 fully saturated rings. The van der Waals surface area contributed by atoms with E-state index in [9.17, 15) is 4.79 Å². The zero-order chi connectivity index (χ0) is 14.9. The zero-order valence-electron chi connectivity index (χ0n) is 12.3. The molecule has 0 aromatic heterocycles. The van der Waals surface area contributed by atoms with E-state index in [1.807, 2.05) is 20.8 Å². The molecule has 4 nitrogen and oxygen atoms in total. The van der Waals surface area contributed by atoms with Crippen LogP contribution in [-0.2, 0) is 0 Å². The molecule has 1 aromatic carbocycles. The summed E-state index contributed by atoms with van der Waals surface area (Å²) in [6.45, 7) is 7.81. The minimum Gasteiger partial charge on any atom is -0.495 e. The number of ether oxygens (including phenoxy) is 2. The van der Waals surface area contributed by atoms with Crippen LogP contribution in [0, 0.1) is 0 Å². The van der Waals surface area contributed by atoms with Gasteiger partial charge in [0, 0.05) is 24.6 Å². The fourth-order valence-corrected chi connectivity index (χ4v) is 2.85. The highest BCUT2D eigenvalue weighted by Gasteiger charge is 2.32. The number of halogens is 1. The van der Waals surface area contributed by atoms with Crippen molar-refractivity contribution in [3.05, 3.63) is 22.2 Å². The third kappa shape index (κ3) is 2.33. The molecular weight excluding hydrogens is 278 g/mol. The monoisotopic (exact) mass is 297 g/mol. The molecule has 110 valence electrons. The molecule has 1 unspecified atom stereocenters. The number of amides is 1. The molecule has 0 N–H and O–H groups in total. The highest BCUT2D eigenvalue weighted by molar-refractivity contribution is 6.32. The van der Waals surface area contributed by atoms with Crippen molar-refractivity contribution in [2.75, 3.05) is 26.8 Å². The molecule has 1 heterocycles. The number of hydrogen-bond acceptors (Lipinski definition) is 3. The van der Waals surface area contributed by atoms with Gasteiger partial charge in [0.05, 0.1) is 24.3 Å². The van der Waals surface area contributed by atoms with Crippen molar-refractivity contribution in [1.82, 2.24) is 4.90 Å². The van der Waals surface area contributed by atoms with Crippen molar-refractivity contribution in [3.8, 4) is 11.5 Å². The van der Waals surface area contributed by atoms with E-state index in [1.54, 1.807) is 18.1 Å². The predicted octanol–water partition coefficient (Wildman–Crippen LogP) is 3.33. The van der Waals surface area contributed by atoms with E-state index < -0.39 is 0 Å². The van der Waals surface area contributed by atoms with E-state index in [2.05, 4.69) is 0 Å². The summed E-state index contributed by atoms with van der Waals surface area (Å²) in [4.78, 5) is 14.3. The maximum absolute atomic E-state index is 12.6. The molecule has 0 saturated heterocycles. The molecule has 0 radical (unpaired) electrons. The van der Waals surface area contributed by atoms with E-state index in [4.69, 9.17) is 21.1 Å². The van der Waals surface area contributed by atoms with Gasteiger partial charge in [-0.3, -0.25) is 4.79 Å². The summed E-state index contributed by atoms with van der Waals surface area (Å²) >= 11 is 6.25. The van der Waals surface area contributed by atoms with Crippen LogP contribution in [0.3, 0.4) is 0 Å². The van der Waals surface area contributed by atoms with Crippen molar-refractivity contribution in [2.24, 2.45) is 0 Å². The van der Waals surface area contributed by atoms with Crippen molar-refractivity contribution in [3.63, 3.8) is 0 Å². The van der Waals surface area contributed by atoms with E-state index in [1.165, 1.54) is 0 Å². The van der Waals surface area contributed by atoms with Gasteiger partial charge in [0.15, 0.2) is 0 Å². The molecule has 5 heteroatoms. The Balaban J connectivity index is 2.57. The lowest BCUT2D eigenvalue weighted by molar-refractivity contribution is 0.0769. The molecule has 1 atom stereocenters. The first-order chi connectivity index (χ1) is 9.54. The standard InChI is InChI=1S/C15H20ClNO3/c1-5-17(6-2)15(18)10-7-11(16)14-12(13(10)19-4)9(3)8-20-14/h7,9H,5-6,8H2,1-4H3. The van der Waals surface area contributed by atoms with E-state index >= 15 is 0 Å². The molecule has 0 saturated carbocycles. The summed E-state index contributed by atoms with van der Waals surface area (Å²) in [5.74, 6) is 1.34. The van der Waals surface area contributed by atoms with Gasteiger partial charge in [-0.05, 0) is 19.9 Å². The minimum absolute atomic E-state index is 0.0596. The van der Waals surface area contributed by atoms with Gasteiger partial charge in [-0.1, -0.05) is 18.5 Å². The van der Waals surface area contributed by atoms with Crippen LogP contribution in [0.1, 0.15) is 42.6 Å². The number of carbonyl (C=O) groups excluding carboxylic acids is 1. The van der Waals surface area contributed by atoms with Crippen LogP contribution in [0.2, 0.25) is 5.02 Å². The minimum atomic E-state index is -0.0596. The van der Waals surface area contributed by atoms with Gasteiger partial charge in [0.1, 0.15) is 11.5 Å². The fourth-order valence-electron chi connectivity index (χ4n) is 2.58. The number of benzene rings is 1. The Morgan fingerprint density at radius 3 is 2.70 bits per heavy atom. The van der Waals surface area contributed by atoms with Crippen LogP contribution in [-0.4, -0.2) is 37.6 Å². The SMILES string of the molecule is CCN(CC)C(=O)c1cc(Cl)c2c(c1OC)C(C)CO2. The van der Waals surface area contributed by atoms with Gasteiger partial charge in [0.25, 0.3) is 5.91 Å². The van der Waals surface area contributed by atoms with Gasteiger partial charge in [-0.2, -0.15) is 0 Å². The summed E-state index contributed by atoms with van der Waals surface area (Å²) in [6, 6.07) is 1.65. The van der Waals surface area contributed by atoms with Crippen LogP contribution in [0.4, 0.5) is 0 Å². The second kappa shape index (κ2) is 5.92. The predicted molar refractivity (Wildman–Crippen MR) is 79.2 cm³/mol. The van der Waals surface area contributed by atoms with Crippen molar-refractivity contribution >= 4 is 17.5 Å². The van der Waals surface area contributed by atoms with Crippen LogP contribution in [0.15, 0.2) is 6.07 Å². The molecular formula is C15H20ClNO3.